The van der Waals surface area contributed by atoms with E-state index in [0.717, 1.165) is 10.6 Å². The van der Waals surface area contributed by atoms with Crippen molar-refractivity contribution >= 4 is 23.4 Å². The van der Waals surface area contributed by atoms with Gasteiger partial charge in [-0.05, 0) is 44.5 Å². The van der Waals surface area contributed by atoms with Gasteiger partial charge in [-0.1, -0.05) is 30.3 Å². The SMILES string of the molecule is CON(C)C(=O)C(=N)c1cc(OCc2ccccc2)ccc1NC(=O)OC(C)(C)C. The monoisotopic (exact) mass is 413 g/mol. The Balaban J connectivity index is 2.29. The van der Waals surface area contributed by atoms with Crippen molar-refractivity contribution in [1.82, 2.24) is 5.06 Å². The summed E-state index contributed by atoms with van der Waals surface area (Å²) in [5, 5.41) is 11.8. The summed E-state index contributed by atoms with van der Waals surface area (Å²) < 4.78 is 11.1. The molecule has 0 aromatic heterocycles. The molecule has 0 aliphatic heterocycles. The summed E-state index contributed by atoms with van der Waals surface area (Å²) in [5.41, 5.74) is 0.345. The smallest absolute Gasteiger partial charge is 0.412 e. The molecule has 0 fully saturated rings. The van der Waals surface area contributed by atoms with Gasteiger partial charge < -0.3 is 9.47 Å². The molecule has 0 spiro atoms. The second kappa shape index (κ2) is 9.89. The van der Waals surface area contributed by atoms with Gasteiger partial charge in [0.05, 0.1) is 12.8 Å². The highest BCUT2D eigenvalue weighted by atomic mass is 16.7. The minimum absolute atomic E-state index is 0.181. The van der Waals surface area contributed by atoms with Crippen LogP contribution in [0.25, 0.3) is 0 Å². The minimum Gasteiger partial charge on any atom is -0.489 e. The lowest BCUT2D eigenvalue weighted by atomic mass is 10.1. The zero-order valence-electron chi connectivity index (χ0n) is 17.8. The van der Waals surface area contributed by atoms with Gasteiger partial charge in [0.2, 0.25) is 0 Å². The Labute approximate surface area is 176 Å². The zero-order valence-corrected chi connectivity index (χ0v) is 17.8. The second-order valence-corrected chi connectivity index (χ2v) is 7.47. The van der Waals surface area contributed by atoms with E-state index in [1.54, 1.807) is 32.9 Å². The summed E-state index contributed by atoms with van der Waals surface area (Å²) in [6.45, 7) is 5.55. The Morgan fingerprint density at radius 3 is 2.37 bits per heavy atom. The van der Waals surface area contributed by atoms with Gasteiger partial charge in [-0.2, -0.15) is 0 Å². The van der Waals surface area contributed by atoms with Gasteiger partial charge in [-0.25, -0.2) is 9.86 Å². The predicted octanol–water partition coefficient (Wildman–Crippen LogP) is 4.00. The molecule has 8 heteroatoms. The second-order valence-electron chi connectivity index (χ2n) is 7.47. The first-order chi connectivity index (χ1) is 14.1. The Morgan fingerprint density at radius 2 is 1.77 bits per heavy atom. The van der Waals surface area contributed by atoms with Crippen LogP contribution in [0, 0.1) is 5.41 Å². The third kappa shape index (κ3) is 6.59. The molecule has 2 rings (SSSR count). The Kier molecular flexibility index (Phi) is 7.54. The molecule has 0 aliphatic carbocycles. The number of rotatable bonds is 7. The molecule has 2 N–H and O–H groups in total. The lowest BCUT2D eigenvalue weighted by Gasteiger charge is -2.21. The third-order valence-electron chi connectivity index (χ3n) is 3.92. The predicted molar refractivity (Wildman–Crippen MR) is 114 cm³/mol. The molecule has 160 valence electrons. The molecular formula is C22H27N3O5. The first kappa shape index (κ1) is 22.9. The summed E-state index contributed by atoms with van der Waals surface area (Å²) in [5.74, 6) is -0.230. The van der Waals surface area contributed by atoms with Crippen LogP contribution in [0.15, 0.2) is 48.5 Å². The quantitative estimate of drug-likeness (QED) is 0.528. The van der Waals surface area contributed by atoms with Crippen LogP contribution in [-0.4, -0.2) is 42.5 Å². The minimum atomic E-state index is -0.693. The number of ether oxygens (including phenoxy) is 2. The first-order valence-electron chi connectivity index (χ1n) is 9.32. The van der Waals surface area contributed by atoms with Gasteiger partial charge in [0, 0.05) is 12.6 Å². The average molecular weight is 413 g/mol. The normalized spacial score (nSPS) is 10.8. The number of nitrogens with zero attached hydrogens (tertiary/aromatic N) is 1. The van der Waals surface area contributed by atoms with Gasteiger partial charge in [0.1, 0.15) is 23.7 Å². The molecule has 0 radical (unpaired) electrons. The van der Waals surface area contributed by atoms with Gasteiger partial charge in [-0.15, -0.1) is 0 Å². The zero-order chi connectivity index (χ0) is 22.3. The van der Waals surface area contributed by atoms with Crippen LogP contribution in [0.5, 0.6) is 5.75 Å². The van der Waals surface area contributed by atoms with E-state index in [4.69, 9.17) is 19.7 Å². The van der Waals surface area contributed by atoms with Crippen LogP contribution in [-0.2, 0) is 21.0 Å². The maximum absolute atomic E-state index is 12.4. The molecule has 2 aromatic carbocycles. The number of hydrogen-bond donors (Lipinski definition) is 2. The van der Waals surface area contributed by atoms with Crippen molar-refractivity contribution in [3.8, 4) is 5.75 Å². The number of carbonyl (C=O) groups is 2. The molecule has 8 nitrogen and oxygen atoms in total. The molecule has 0 atom stereocenters. The number of anilines is 1. The summed E-state index contributed by atoms with van der Waals surface area (Å²) in [7, 11) is 2.72. The number of hydroxylamine groups is 2. The Hall–Kier alpha value is -3.39. The molecule has 0 unspecified atom stereocenters. The number of carbonyl (C=O) groups excluding carboxylic acids is 2. The fourth-order valence-electron chi connectivity index (χ4n) is 2.44. The van der Waals surface area contributed by atoms with Gasteiger partial charge in [-0.3, -0.25) is 20.4 Å². The van der Waals surface area contributed by atoms with E-state index in [0.29, 0.717) is 12.4 Å². The van der Waals surface area contributed by atoms with Crippen LogP contribution < -0.4 is 10.1 Å². The van der Waals surface area contributed by atoms with E-state index in [2.05, 4.69) is 5.32 Å². The summed E-state index contributed by atoms with van der Waals surface area (Å²) in [6.07, 6.45) is -0.693. The van der Waals surface area contributed by atoms with Crippen molar-refractivity contribution in [3.05, 3.63) is 59.7 Å². The number of hydrogen-bond acceptors (Lipinski definition) is 6. The molecule has 2 aromatic rings. The first-order valence-corrected chi connectivity index (χ1v) is 9.32. The molecule has 0 aliphatic rings. The highest BCUT2D eigenvalue weighted by Crippen LogP contribution is 2.25. The van der Waals surface area contributed by atoms with E-state index in [-0.39, 0.29) is 17.0 Å². The largest absolute Gasteiger partial charge is 0.489 e. The van der Waals surface area contributed by atoms with E-state index in [9.17, 15) is 9.59 Å². The van der Waals surface area contributed by atoms with Crippen molar-refractivity contribution in [2.24, 2.45) is 0 Å². The maximum atomic E-state index is 12.4. The van der Waals surface area contributed by atoms with E-state index in [1.165, 1.54) is 20.2 Å². The molecule has 0 bridgehead atoms. The topological polar surface area (TPSA) is 101 Å². The fraction of sp³-hybridized carbons (Fsp3) is 0.318. The molecule has 0 saturated carbocycles. The fourth-order valence-corrected chi connectivity index (χ4v) is 2.44. The summed E-state index contributed by atoms with van der Waals surface area (Å²) in [4.78, 5) is 29.5. The lowest BCUT2D eigenvalue weighted by molar-refractivity contribution is -0.160. The molecule has 2 amide bonds. The molecule has 30 heavy (non-hydrogen) atoms. The number of likely N-dealkylation sites (N-methyl/N-ethyl adjacent to an activating group) is 1. The van der Waals surface area contributed by atoms with Crippen molar-refractivity contribution in [3.63, 3.8) is 0 Å². The van der Waals surface area contributed by atoms with E-state index in [1.807, 2.05) is 30.3 Å². The van der Waals surface area contributed by atoms with Crippen molar-refractivity contribution in [2.75, 3.05) is 19.5 Å². The Morgan fingerprint density at radius 1 is 1.10 bits per heavy atom. The molecular weight excluding hydrogens is 386 g/mol. The van der Waals surface area contributed by atoms with Gasteiger partial charge in [0.25, 0.3) is 5.91 Å². The third-order valence-corrected chi connectivity index (χ3v) is 3.92. The van der Waals surface area contributed by atoms with Crippen molar-refractivity contribution in [2.45, 2.75) is 33.0 Å². The molecule has 0 heterocycles. The van der Waals surface area contributed by atoms with Crippen LogP contribution in [0.2, 0.25) is 0 Å². The average Bonchev–Trinajstić information content (AvgIpc) is 2.70. The van der Waals surface area contributed by atoms with E-state index < -0.39 is 17.6 Å². The summed E-state index contributed by atoms with van der Waals surface area (Å²) >= 11 is 0. The number of benzene rings is 2. The van der Waals surface area contributed by atoms with E-state index >= 15 is 0 Å². The highest BCUT2D eigenvalue weighted by molar-refractivity contribution is 6.45. The Bertz CT molecular complexity index is 907. The number of nitrogens with one attached hydrogen (secondary N) is 2. The van der Waals surface area contributed by atoms with Gasteiger partial charge in [0.15, 0.2) is 0 Å². The van der Waals surface area contributed by atoms with Crippen LogP contribution in [0.4, 0.5) is 10.5 Å². The van der Waals surface area contributed by atoms with Crippen molar-refractivity contribution in [1.29, 1.82) is 5.41 Å². The van der Waals surface area contributed by atoms with Crippen molar-refractivity contribution < 1.29 is 23.9 Å². The van der Waals surface area contributed by atoms with Gasteiger partial charge >= 0.3 is 6.09 Å². The standard InChI is InChI=1S/C22H27N3O5/c1-22(2,3)30-21(27)24-18-12-11-16(29-14-15-9-7-6-8-10-15)13-17(18)19(23)20(26)25(4)28-5/h6-13,23H,14H2,1-5H3,(H,24,27). The highest BCUT2D eigenvalue weighted by Gasteiger charge is 2.23. The van der Waals surface area contributed by atoms with Crippen LogP contribution >= 0.6 is 0 Å². The lowest BCUT2D eigenvalue weighted by Crippen LogP contribution is -2.33. The maximum Gasteiger partial charge on any atom is 0.412 e. The van der Waals surface area contributed by atoms with Crippen LogP contribution in [0.1, 0.15) is 31.9 Å². The van der Waals surface area contributed by atoms with Crippen LogP contribution in [0.3, 0.4) is 0 Å². The molecule has 0 saturated heterocycles. The summed E-state index contributed by atoms with van der Waals surface area (Å²) in [6, 6.07) is 14.3. The number of amides is 2.